The van der Waals surface area contributed by atoms with Crippen molar-refractivity contribution >= 4 is 17.0 Å². The third kappa shape index (κ3) is 1.84. The number of para-hydroxylation sites is 2. The van der Waals surface area contributed by atoms with Gasteiger partial charge in [-0.1, -0.05) is 17.3 Å². The summed E-state index contributed by atoms with van der Waals surface area (Å²) in [5, 5.41) is 7.10. The van der Waals surface area contributed by atoms with E-state index in [1.54, 1.807) is 0 Å². The van der Waals surface area contributed by atoms with Gasteiger partial charge in [-0.15, -0.1) is 0 Å². The largest absolute Gasteiger partial charge is 0.359 e. The Bertz CT molecular complexity index is 683. The van der Waals surface area contributed by atoms with Gasteiger partial charge in [0.15, 0.2) is 5.76 Å². The van der Waals surface area contributed by atoms with Crippen LogP contribution in [0.15, 0.2) is 34.9 Å². The number of rotatable bonds is 3. The Kier molecular flexibility index (Phi) is 2.51. The molecule has 0 fully saturated rings. The van der Waals surface area contributed by atoms with Gasteiger partial charge in [-0.2, -0.15) is 0 Å². The number of hydrogen-bond acceptors (Lipinski definition) is 4. The molecule has 3 rings (SSSR count). The number of aryl methyl sites for hydroxylation is 2. The normalized spacial score (nSPS) is 11.0. The third-order valence-electron chi connectivity index (χ3n) is 2.88. The number of nitrogens with one attached hydrogen (secondary N) is 1. The minimum Gasteiger partial charge on any atom is -0.359 e. The molecule has 0 bridgehead atoms. The van der Waals surface area contributed by atoms with Crippen LogP contribution >= 0.6 is 0 Å². The molecule has 0 aliphatic heterocycles. The van der Waals surface area contributed by atoms with E-state index >= 15 is 0 Å². The summed E-state index contributed by atoms with van der Waals surface area (Å²) in [6.45, 7) is 2.49. The van der Waals surface area contributed by atoms with Crippen LogP contribution in [-0.4, -0.2) is 14.7 Å². The van der Waals surface area contributed by atoms with Gasteiger partial charge in [0.05, 0.1) is 23.3 Å². The lowest BCUT2D eigenvalue weighted by atomic mass is 10.3. The van der Waals surface area contributed by atoms with Crippen LogP contribution in [0, 0.1) is 6.92 Å². The van der Waals surface area contributed by atoms with Gasteiger partial charge in [0.25, 0.3) is 0 Å². The summed E-state index contributed by atoms with van der Waals surface area (Å²) in [6.07, 6.45) is 0. The zero-order valence-corrected chi connectivity index (χ0v) is 10.3. The van der Waals surface area contributed by atoms with Crippen molar-refractivity contribution in [3.8, 4) is 0 Å². The SMILES string of the molecule is Cc1cc(CNc2nc3ccccc3n2C)on1. The van der Waals surface area contributed by atoms with Gasteiger partial charge in [0.1, 0.15) is 0 Å². The Morgan fingerprint density at radius 2 is 2.17 bits per heavy atom. The summed E-state index contributed by atoms with van der Waals surface area (Å²) >= 11 is 0. The van der Waals surface area contributed by atoms with Gasteiger partial charge in [-0.25, -0.2) is 4.98 Å². The number of nitrogens with zero attached hydrogens (tertiary/aromatic N) is 3. The highest BCUT2D eigenvalue weighted by atomic mass is 16.5. The summed E-state index contributed by atoms with van der Waals surface area (Å²) < 4.78 is 7.18. The van der Waals surface area contributed by atoms with Crippen LogP contribution in [0.25, 0.3) is 11.0 Å². The predicted octanol–water partition coefficient (Wildman–Crippen LogP) is 2.48. The van der Waals surface area contributed by atoms with E-state index < -0.39 is 0 Å². The quantitative estimate of drug-likeness (QED) is 0.766. The highest BCUT2D eigenvalue weighted by Gasteiger charge is 2.07. The molecule has 3 aromatic rings. The fraction of sp³-hybridized carbons (Fsp3) is 0.231. The molecule has 0 aliphatic carbocycles. The van der Waals surface area contributed by atoms with Crippen LogP contribution in [0.4, 0.5) is 5.95 Å². The van der Waals surface area contributed by atoms with Crippen molar-refractivity contribution in [3.05, 3.63) is 41.8 Å². The maximum absolute atomic E-state index is 5.15. The van der Waals surface area contributed by atoms with Crippen LogP contribution in [0.3, 0.4) is 0 Å². The summed E-state index contributed by atoms with van der Waals surface area (Å²) in [7, 11) is 1.99. The molecule has 0 saturated carbocycles. The lowest BCUT2D eigenvalue weighted by Crippen LogP contribution is -2.04. The zero-order valence-electron chi connectivity index (χ0n) is 10.3. The number of fused-ring (bicyclic) bond motifs is 1. The molecule has 5 nitrogen and oxygen atoms in total. The number of imidazole rings is 1. The number of aromatic nitrogens is 3. The first-order valence-corrected chi connectivity index (χ1v) is 5.81. The molecule has 0 spiro atoms. The molecule has 18 heavy (non-hydrogen) atoms. The highest BCUT2D eigenvalue weighted by molar-refractivity contribution is 5.78. The number of benzene rings is 1. The van der Waals surface area contributed by atoms with Crippen LogP contribution in [0.5, 0.6) is 0 Å². The molecule has 1 N–H and O–H groups in total. The molecular weight excluding hydrogens is 228 g/mol. The monoisotopic (exact) mass is 242 g/mol. The first-order valence-electron chi connectivity index (χ1n) is 5.81. The topological polar surface area (TPSA) is 55.9 Å². The lowest BCUT2D eigenvalue weighted by Gasteiger charge is -2.03. The number of hydrogen-bond donors (Lipinski definition) is 1. The first kappa shape index (κ1) is 10.8. The standard InChI is InChI=1S/C13H14N4O/c1-9-7-10(18-16-9)8-14-13-15-11-5-3-4-6-12(11)17(13)2/h3-7H,8H2,1-2H3,(H,14,15). The maximum atomic E-state index is 5.15. The molecular formula is C13H14N4O. The third-order valence-corrected chi connectivity index (χ3v) is 2.88. The second-order valence-corrected chi connectivity index (χ2v) is 4.27. The van der Waals surface area contributed by atoms with Crippen molar-refractivity contribution < 1.29 is 4.52 Å². The van der Waals surface area contributed by atoms with Gasteiger partial charge in [-0.3, -0.25) is 0 Å². The van der Waals surface area contributed by atoms with E-state index in [0.717, 1.165) is 28.4 Å². The van der Waals surface area contributed by atoms with E-state index in [9.17, 15) is 0 Å². The molecule has 5 heteroatoms. The molecule has 2 heterocycles. The van der Waals surface area contributed by atoms with E-state index in [4.69, 9.17) is 4.52 Å². The van der Waals surface area contributed by atoms with Crippen molar-refractivity contribution in [3.63, 3.8) is 0 Å². The van der Waals surface area contributed by atoms with E-state index in [1.807, 2.05) is 48.9 Å². The average molecular weight is 242 g/mol. The molecule has 0 radical (unpaired) electrons. The maximum Gasteiger partial charge on any atom is 0.203 e. The van der Waals surface area contributed by atoms with E-state index in [-0.39, 0.29) is 0 Å². The summed E-state index contributed by atoms with van der Waals surface area (Å²) in [6, 6.07) is 9.95. The van der Waals surface area contributed by atoms with Gasteiger partial charge in [-0.05, 0) is 19.1 Å². The van der Waals surface area contributed by atoms with Crippen LogP contribution < -0.4 is 5.32 Å². The minimum absolute atomic E-state index is 0.581. The fourth-order valence-corrected chi connectivity index (χ4v) is 1.97. The summed E-state index contributed by atoms with van der Waals surface area (Å²) in [5.41, 5.74) is 2.97. The van der Waals surface area contributed by atoms with Gasteiger partial charge in [0, 0.05) is 13.1 Å². The van der Waals surface area contributed by atoms with Gasteiger partial charge < -0.3 is 14.4 Å². The summed E-state index contributed by atoms with van der Waals surface area (Å²) in [5.74, 6) is 1.63. The van der Waals surface area contributed by atoms with E-state index in [0.29, 0.717) is 6.54 Å². The second-order valence-electron chi connectivity index (χ2n) is 4.27. The Labute approximate surface area is 104 Å². The zero-order chi connectivity index (χ0) is 12.5. The molecule has 0 unspecified atom stereocenters. The average Bonchev–Trinajstić information content (AvgIpc) is 2.92. The smallest absolute Gasteiger partial charge is 0.203 e. The van der Waals surface area contributed by atoms with Gasteiger partial charge >= 0.3 is 0 Å². The van der Waals surface area contributed by atoms with E-state index in [1.165, 1.54) is 0 Å². The van der Waals surface area contributed by atoms with Crippen LogP contribution in [0.1, 0.15) is 11.5 Å². The second kappa shape index (κ2) is 4.18. The molecule has 1 aromatic carbocycles. The molecule has 0 atom stereocenters. The molecule has 92 valence electrons. The molecule has 2 aromatic heterocycles. The Hall–Kier alpha value is -2.30. The van der Waals surface area contributed by atoms with Gasteiger partial charge in [0.2, 0.25) is 5.95 Å². The van der Waals surface area contributed by atoms with Crippen molar-refractivity contribution in [2.45, 2.75) is 13.5 Å². The van der Waals surface area contributed by atoms with Crippen molar-refractivity contribution in [1.82, 2.24) is 14.7 Å². The Morgan fingerprint density at radius 1 is 1.33 bits per heavy atom. The van der Waals surface area contributed by atoms with Crippen LogP contribution in [-0.2, 0) is 13.6 Å². The van der Waals surface area contributed by atoms with Crippen molar-refractivity contribution in [1.29, 1.82) is 0 Å². The minimum atomic E-state index is 0.581. The molecule has 0 aliphatic rings. The highest BCUT2D eigenvalue weighted by Crippen LogP contribution is 2.18. The summed E-state index contributed by atoms with van der Waals surface area (Å²) in [4.78, 5) is 4.52. The molecule has 0 saturated heterocycles. The van der Waals surface area contributed by atoms with Crippen molar-refractivity contribution in [2.24, 2.45) is 7.05 Å². The fourth-order valence-electron chi connectivity index (χ4n) is 1.97. The first-order chi connectivity index (χ1) is 8.74. The Balaban J connectivity index is 1.84. The Morgan fingerprint density at radius 3 is 2.89 bits per heavy atom. The predicted molar refractivity (Wildman–Crippen MR) is 69.3 cm³/mol. The molecule has 0 amide bonds. The van der Waals surface area contributed by atoms with Crippen LogP contribution in [0.2, 0.25) is 0 Å². The van der Waals surface area contributed by atoms with Crippen molar-refractivity contribution in [2.75, 3.05) is 5.32 Å². The van der Waals surface area contributed by atoms with E-state index in [2.05, 4.69) is 15.5 Å². The lowest BCUT2D eigenvalue weighted by molar-refractivity contribution is 0.384. The number of anilines is 1.